The predicted octanol–water partition coefficient (Wildman–Crippen LogP) is 2.71. The van der Waals surface area contributed by atoms with Crippen molar-refractivity contribution in [1.82, 2.24) is 4.98 Å². The lowest BCUT2D eigenvalue weighted by molar-refractivity contribution is 0.313. The van der Waals surface area contributed by atoms with Crippen molar-refractivity contribution in [2.75, 3.05) is 0 Å². The highest BCUT2D eigenvalue weighted by Crippen LogP contribution is 2.32. The molecule has 0 bridgehead atoms. The van der Waals surface area contributed by atoms with Crippen LogP contribution in [0, 0.1) is 5.95 Å². The van der Waals surface area contributed by atoms with Gasteiger partial charge in [-0.2, -0.15) is 4.39 Å². The molecule has 0 radical (unpaired) electrons. The van der Waals surface area contributed by atoms with Crippen molar-refractivity contribution in [3.8, 4) is 0 Å². The molecule has 80 valence electrons. The summed E-state index contributed by atoms with van der Waals surface area (Å²) >= 11 is 0. The summed E-state index contributed by atoms with van der Waals surface area (Å²) in [5.41, 5.74) is 1.50. The van der Waals surface area contributed by atoms with Crippen molar-refractivity contribution in [3.05, 3.63) is 29.8 Å². The molecule has 0 saturated heterocycles. The number of halogens is 1. The van der Waals surface area contributed by atoms with E-state index in [1.54, 1.807) is 12.1 Å². The molecular weight excluding hydrogens is 195 g/mol. The minimum Gasteiger partial charge on any atom is -0.411 e. The number of rotatable bonds is 1. The van der Waals surface area contributed by atoms with E-state index in [2.05, 4.69) is 10.1 Å². The largest absolute Gasteiger partial charge is 0.411 e. The van der Waals surface area contributed by atoms with Crippen LogP contribution in [0.5, 0.6) is 0 Å². The Morgan fingerprint density at radius 2 is 2.13 bits per heavy atom. The van der Waals surface area contributed by atoms with Gasteiger partial charge in [0.15, 0.2) is 0 Å². The van der Waals surface area contributed by atoms with Gasteiger partial charge in [0, 0.05) is 11.8 Å². The molecule has 1 heterocycles. The maximum Gasteiger partial charge on any atom is 0.216 e. The number of aromatic nitrogens is 1. The molecule has 0 aliphatic heterocycles. The second-order valence-electron chi connectivity index (χ2n) is 3.82. The Labute approximate surface area is 87.6 Å². The zero-order valence-electron chi connectivity index (χ0n) is 8.36. The van der Waals surface area contributed by atoms with Gasteiger partial charge in [0.05, 0.1) is 5.71 Å². The van der Waals surface area contributed by atoms with Crippen molar-refractivity contribution in [1.29, 1.82) is 0 Å². The molecule has 0 unspecified atom stereocenters. The molecular formula is C11H13FN2O. The Bertz CT molecular complexity index is 369. The lowest BCUT2D eigenvalue weighted by Crippen LogP contribution is -2.14. The molecule has 0 spiro atoms. The van der Waals surface area contributed by atoms with Gasteiger partial charge < -0.3 is 5.21 Å². The SMILES string of the molecule is ON=C1CCC(c2cccnc2F)CC1. The van der Waals surface area contributed by atoms with E-state index in [4.69, 9.17) is 5.21 Å². The van der Waals surface area contributed by atoms with Gasteiger partial charge in [-0.3, -0.25) is 0 Å². The fourth-order valence-electron chi connectivity index (χ4n) is 2.07. The van der Waals surface area contributed by atoms with Crippen LogP contribution in [-0.4, -0.2) is 15.9 Å². The summed E-state index contributed by atoms with van der Waals surface area (Å²) in [7, 11) is 0. The van der Waals surface area contributed by atoms with E-state index in [9.17, 15) is 4.39 Å². The first kappa shape index (κ1) is 10.1. The molecule has 1 N–H and O–H groups in total. The standard InChI is InChI=1S/C11H13FN2O/c12-11-10(2-1-7-13-11)8-3-5-9(14-15)6-4-8/h1-2,7-8,15H,3-6H2. The van der Waals surface area contributed by atoms with Crippen molar-refractivity contribution in [2.24, 2.45) is 5.16 Å². The van der Waals surface area contributed by atoms with E-state index in [0.717, 1.165) is 31.4 Å². The Kier molecular flexibility index (Phi) is 2.94. The van der Waals surface area contributed by atoms with E-state index in [1.165, 1.54) is 6.20 Å². The van der Waals surface area contributed by atoms with E-state index in [-0.39, 0.29) is 11.9 Å². The minimum absolute atomic E-state index is 0.212. The van der Waals surface area contributed by atoms with E-state index in [1.807, 2.05) is 0 Å². The third-order valence-corrected chi connectivity index (χ3v) is 2.93. The molecule has 1 aliphatic rings. The summed E-state index contributed by atoms with van der Waals surface area (Å²) in [6.07, 6.45) is 4.62. The highest BCUT2D eigenvalue weighted by atomic mass is 19.1. The minimum atomic E-state index is -0.369. The quantitative estimate of drug-likeness (QED) is 0.438. The van der Waals surface area contributed by atoms with Gasteiger partial charge in [0.2, 0.25) is 5.95 Å². The first-order valence-electron chi connectivity index (χ1n) is 5.11. The molecule has 1 saturated carbocycles. The Hall–Kier alpha value is -1.45. The molecule has 0 aromatic carbocycles. The smallest absolute Gasteiger partial charge is 0.216 e. The van der Waals surface area contributed by atoms with E-state index >= 15 is 0 Å². The van der Waals surface area contributed by atoms with Crippen molar-refractivity contribution < 1.29 is 9.60 Å². The summed E-state index contributed by atoms with van der Waals surface area (Å²) in [6.45, 7) is 0. The van der Waals surface area contributed by atoms with Crippen LogP contribution < -0.4 is 0 Å². The average Bonchev–Trinajstić information content (AvgIpc) is 2.30. The van der Waals surface area contributed by atoms with Gasteiger partial charge in [-0.25, -0.2) is 4.98 Å². The number of oxime groups is 1. The molecule has 0 amide bonds. The third kappa shape index (κ3) is 2.14. The summed E-state index contributed by atoms with van der Waals surface area (Å²) < 4.78 is 13.4. The summed E-state index contributed by atoms with van der Waals surface area (Å²) in [5, 5.41) is 11.8. The average molecular weight is 208 g/mol. The van der Waals surface area contributed by atoms with E-state index in [0.29, 0.717) is 5.56 Å². The van der Waals surface area contributed by atoms with Gasteiger partial charge in [-0.05, 0) is 37.7 Å². The first-order chi connectivity index (χ1) is 7.31. The molecule has 1 aliphatic carbocycles. The van der Waals surface area contributed by atoms with Crippen molar-refractivity contribution >= 4 is 5.71 Å². The molecule has 1 fully saturated rings. The van der Waals surface area contributed by atoms with Gasteiger partial charge in [0.25, 0.3) is 0 Å². The zero-order valence-corrected chi connectivity index (χ0v) is 8.36. The zero-order chi connectivity index (χ0) is 10.7. The van der Waals surface area contributed by atoms with Crippen LogP contribution in [0.15, 0.2) is 23.5 Å². The van der Waals surface area contributed by atoms with Crippen LogP contribution in [-0.2, 0) is 0 Å². The highest BCUT2D eigenvalue weighted by Gasteiger charge is 2.22. The van der Waals surface area contributed by atoms with Crippen LogP contribution in [0.1, 0.15) is 37.2 Å². The Morgan fingerprint density at radius 3 is 2.73 bits per heavy atom. The Balaban J connectivity index is 2.11. The maximum atomic E-state index is 13.4. The second kappa shape index (κ2) is 4.38. The van der Waals surface area contributed by atoms with Crippen LogP contribution in [0.3, 0.4) is 0 Å². The highest BCUT2D eigenvalue weighted by molar-refractivity contribution is 5.84. The summed E-state index contributed by atoms with van der Waals surface area (Å²) in [5.74, 6) is -0.156. The van der Waals surface area contributed by atoms with Crippen LogP contribution in [0.2, 0.25) is 0 Å². The van der Waals surface area contributed by atoms with Crippen LogP contribution in [0.25, 0.3) is 0 Å². The van der Waals surface area contributed by atoms with Crippen molar-refractivity contribution in [3.63, 3.8) is 0 Å². The molecule has 1 aromatic rings. The monoisotopic (exact) mass is 208 g/mol. The first-order valence-corrected chi connectivity index (χ1v) is 5.11. The molecule has 1 aromatic heterocycles. The van der Waals surface area contributed by atoms with E-state index < -0.39 is 0 Å². The van der Waals surface area contributed by atoms with Gasteiger partial charge in [-0.1, -0.05) is 11.2 Å². The summed E-state index contributed by atoms with van der Waals surface area (Å²) in [6, 6.07) is 3.54. The summed E-state index contributed by atoms with van der Waals surface area (Å²) in [4.78, 5) is 3.65. The van der Waals surface area contributed by atoms with Crippen molar-refractivity contribution in [2.45, 2.75) is 31.6 Å². The number of hydrogen-bond donors (Lipinski definition) is 1. The third-order valence-electron chi connectivity index (χ3n) is 2.93. The number of pyridine rings is 1. The molecule has 2 rings (SSSR count). The number of nitrogens with zero attached hydrogens (tertiary/aromatic N) is 2. The molecule has 4 heteroatoms. The van der Waals surface area contributed by atoms with Gasteiger partial charge >= 0.3 is 0 Å². The normalized spacial score (nSPS) is 21.4. The number of hydrogen-bond acceptors (Lipinski definition) is 3. The van der Waals surface area contributed by atoms with Gasteiger partial charge in [-0.15, -0.1) is 0 Å². The molecule has 0 atom stereocenters. The fraction of sp³-hybridized carbons (Fsp3) is 0.455. The van der Waals surface area contributed by atoms with Gasteiger partial charge in [0.1, 0.15) is 0 Å². The molecule has 3 nitrogen and oxygen atoms in total. The second-order valence-corrected chi connectivity index (χ2v) is 3.82. The lowest BCUT2D eigenvalue weighted by Gasteiger charge is -2.22. The maximum absolute atomic E-state index is 13.4. The van der Waals surface area contributed by atoms with Crippen LogP contribution >= 0.6 is 0 Å². The predicted molar refractivity (Wildman–Crippen MR) is 54.6 cm³/mol. The topological polar surface area (TPSA) is 45.5 Å². The lowest BCUT2D eigenvalue weighted by atomic mass is 9.84. The fourth-order valence-corrected chi connectivity index (χ4v) is 2.07. The van der Waals surface area contributed by atoms with Crippen LogP contribution in [0.4, 0.5) is 4.39 Å². The Morgan fingerprint density at radius 1 is 1.40 bits per heavy atom. The molecule has 15 heavy (non-hydrogen) atoms.